The van der Waals surface area contributed by atoms with Crippen molar-refractivity contribution in [2.75, 3.05) is 14.2 Å². The zero-order chi connectivity index (χ0) is 16.0. The second kappa shape index (κ2) is 7.31. The van der Waals surface area contributed by atoms with Gasteiger partial charge in [-0.3, -0.25) is 4.79 Å². The van der Waals surface area contributed by atoms with Gasteiger partial charge in [-0.25, -0.2) is 0 Å². The summed E-state index contributed by atoms with van der Waals surface area (Å²) < 4.78 is 10.7. The lowest BCUT2D eigenvalue weighted by Gasteiger charge is -2.23. The molecule has 118 valence electrons. The first kappa shape index (κ1) is 17.3. The van der Waals surface area contributed by atoms with Crippen LogP contribution in [0.2, 0.25) is 0 Å². The van der Waals surface area contributed by atoms with Crippen LogP contribution in [0.3, 0.4) is 0 Å². The minimum atomic E-state index is -1.19. The molecule has 0 aliphatic heterocycles. The summed E-state index contributed by atoms with van der Waals surface area (Å²) >= 11 is 0. The fourth-order valence-corrected chi connectivity index (χ4v) is 2.48. The van der Waals surface area contributed by atoms with Gasteiger partial charge >= 0.3 is 5.97 Å². The summed E-state index contributed by atoms with van der Waals surface area (Å²) in [6.07, 6.45) is 2.00. The molecule has 0 aromatic heterocycles. The minimum Gasteiger partial charge on any atom is -0.496 e. The number of aliphatic carboxylic acids is 1. The predicted molar refractivity (Wildman–Crippen MR) is 81.9 cm³/mol. The fourth-order valence-electron chi connectivity index (χ4n) is 2.48. The van der Waals surface area contributed by atoms with Gasteiger partial charge in [-0.1, -0.05) is 13.0 Å². The van der Waals surface area contributed by atoms with Crippen molar-refractivity contribution in [1.82, 2.24) is 0 Å². The Balaban J connectivity index is 2.73. The Morgan fingerprint density at radius 2 is 1.86 bits per heavy atom. The van der Waals surface area contributed by atoms with E-state index in [2.05, 4.69) is 0 Å². The molecule has 0 aliphatic rings. The first-order valence-corrected chi connectivity index (χ1v) is 7.04. The fraction of sp³-hybridized carbons (Fsp3) is 0.562. The van der Waals surface area contributed by atoms with E-state index in [0.717, 1.165) is 29.9 Å². The van der Waals surface area contributed by atoms with E-state index in [9.17, 15) is 4.79 Å². The maximum Gasteiger partial charge on any atom is 0.323 e. The number of ether oxygens (including phenoxy) is 2. The van der Waals surface area contributed by atoms with Crippen molar-refractivity contribution >= 4 is 5.97 Å². The van der Waals surface area contributed by atoms with E-state index < -0.39 is 11.5 Å². The Kier molecular flexibility index (Phi) is 6.03. The second-order valence-electron chi connectivity index (χ2n) is 5.71. The largest absolute Gasteiger partial charge is 0.496 e. The average Bonchev–Trinajstić information content (AvgIpc) is 2.43. The van der Waals surface area contributed by atoms with Gasteiger partial charge in [0.15, 0.2) is 0 Å². The highest BCUT2D eigenvalue weighted by atomic mass is 16.5. The molecule has 0 saturated carbocycles. The van der Waals surface area contributed by atoms with Crippen molar-refractivity contribution in [2.45, 2.75) is 38.6 Å². The number of hydrogen-bond acceptors (Lipinski definition) is 4. The molecule has 0 heterocycles. The number of benzene rings is 1. The molecule has 5 heteroatoms. The highest BCUT2D eigenvalue weighted by Crippen LogP contribution is 2.31. The molecule has 0 amide bonds. The van der Waals surface area contributed by atoms with Gasteiger partial charge in [0, 0.05) is 5.56 Å². The predicted octanol–water partition coefficient (Wildman–Crippen LogP) is 2.46. The molecule has 0 saturated heterocycles. The summed E-state index contributed by atoms with van der Waals surface area (Å²) in [6.45, 7) is 3.56. The van der Waals surface area contributed by atoms with Crippen molar-refractivity contribution in [3.8, 4) is 11.5 Å². The van der Waals surface area contributed by atoms with Crippen LogP contribution in [0.15, 0.2) is 18.2 Å². The molecule has 21 heavy (non-hydrogen) atoms. The van der Waals surface area contributed by atoms with Gasteiger partial charge in [0.1, 0.15) is 17.0 Å². The van der Waals surface area contributed by atoms with E-state index in [1.165, 1.54) is 0 Å². The number of methoxy groups -OCH3 is 2. The molecular formula is C16H25NO4. The highest BCUT2D eigenvalue weighted by molar-refractivity contribution is 5.77. The van der Waals surface area contributed by atoms with Crippen molar-refractivity contribution < 1.29 is 19.4 Å². The molecule has 0 aliphatic carbocycles. The van der Waals surface area contributed by atoms with Gasteiger partial charge in [-0.2, -0.15) is 0 Å². The minimum absolute atomic E-state index is 0.186. The van der Waals surface area contributed by atoms with Gasteiger partial charge in [-0.05, 0) is 44.2 Å². The van der Waals surface area contributed by atoms with Crippen LogP contribution in [0.25, 0.3) is 0 Å². The van der Waals surface area contributed by atoms with Crippen molar-refractivity contribution in [3.05, 3.63) is 23.8 Å². The summed E-state index contributed by atoms with van der Waals surface area (Å²) in [5.74, 6) is 0.792. The van der Waals surface area contributed by atoms with E-state index >= 15 is 0 Å². The number of carboxylic acids is 1. The maximum absolute atomic E-state index is 11.1. The van der Waals surface area contributed by atoms with Gasteiger partial charge in [0.2, 0.25) is 0 Å². The molecule has 1 aromatic rings. The third-order valence-electron chi connectivity index (χ3n) is 3.68. The molecule has 1 aromatic carbocycles. The van der Waals surface area contributed by atoms with E-state index in [1.54, 1.807) is 21.1 Å². The van der Waals surface area contributed by atoms with Gasteiger partial charge < -0.3 is 20.3 Å². The summed E-state index contributed by atoms with van der Waals surface area (Å²) in [7, 11) is 3.26. The first-order chi connectivity index (χ1) is 9.81. The van der Waals surface area contributed by atoms with E-state index in [0.29, 0.717) is 6.42 Å². The van der Waals surface area contributed by atoms with Gasteiger partial charge in [0.25, 0.3) is 0 Å². The summed E-state index contributed by atoms with van der Waals surface area (Å²) in [6, 6.07) is 5.67. The summed E-state index contributed by atoms with van der Waals surface area (Å²) in [4.78, 5) is 11.1. The van der Waals surface area contributed by atoms with E-state index in [1.807, 2.05) is 25.1 Å². The van der Waals surface area contributed by atoms with Crippen LogP contribution < -0.4 is 15.2 Å². The SMILES string of the molecule is COc1cccc(OC)c1CCC(C)CC(C)(N)C(=O)O. The lowest BCUT2D eigenvalue weighted by Crippen LogP contribution is -2.46. The molecule has 3 N–H and O–H groups in total. The molecule has 0 radical (unpaired) electrons. The molecule has 0 bridgehead atoms. The van der Waals surface area contributed by atoms with E-state index in [-0.39, 0.29) is 5.92 Å². The highest BCUT2D eigenvalue weighted by Gasteiger charge is 2.29. The number of carbonyl (C=O) groups is 1. The summed E-state index contributed by atoms with van der Waals surface area (Å²) in [5, 5.41) is 9.07. The summed E-state index contributed by atoms with van der Waals surface area (Å²) in [5.41, 5.74) is 5.61. The Morgan fingerprint density at radius 1 is 1.33 bits per heavy atom. The van der Waals surface area contributed by atoms with Crippen LogP contribution in [0, 0.1) is 5.92 Å². The monoisotopic (exact) mass is 295 g/mol. The Bertz CT molecular complexity index is 463. The lowest BCUT2D eigenvalue weighted by molar-refractivity contribution is -0.143. The van der Waals surface area contributed by atoms with Crippen LogP contribution in [0.5, 0.6) is 11.5 Å². The first-order valence-electron chi connectivity index (χ1n) is 7.04. The molecule has 5 nitrogen and oxygen atoms in total. The maximum atomic E-state index is 11.1. The third-order valence-corrected chi connectivity index (χ3v) is 3.68. The Hall–Kier alpha value is -1.75. The van der Waals surface area contributed by atoms with Crippen LogP contribution in [-0.4, -0.2) is 30.8 Å². The lowest BCUT2D eigenvalue weighted by atomic mass is 9.87. The molecule has 0 spiro atoms. The molecule has 0 fully saturated rings. The standard InChI is InChI=1S/C16H25NO4/c1-11(10-16(2,17)15(18)19)8-9-12-13(20-3)6-5-7-14(12)21-4/h5-7,11H,8-10,17H2,1-4H3,(H,18,19). The molecule has 1 rings (SSSR count). The van der Waals surface area contributed by atoms with Crippen molar-refractivity contribution in [3.63, 3.8) is 0 Å². The van der Waals surface area contributed by atoms with Gasteiger partial charge in [0.05, 0.1) is 14.2 Å². The van der Waals surface area contributed by atoms with E-state index in [4.69, 9.17) is 20.3 Å². The quantitative estimate of drug-likeness (QED) is 0.770. The molecule has 2 atom stereocenters. The van der Waals surface area contributed by atoms with Crippen molar-refractivity contribution in [2.24, 2.45) is 11.7 Å². The van der Waals surface area contributed by atoms with Crippen LogP contribution >= 0.6 is 0 Å². The number of hydrogen-bond donors (Lipinski definition) is 2. The Morgan fingerprint density at radius 3 is 2.29 bits per heavy atom. The average molecular weight is 295 g/mol. The zero-order valence-corrected chi connectivity index (χ0v) is 13.2. The smallest absolute Gasteiger partial charge is 0.323 e. The Labute approximate surface area is 126 Å². The number of rotatable bonds is 8. The van der Waals surface area contributed by atoms with Crippen LogP contribution in [-0.2, 0) is 11.2 Å². The molecular weight excluding hydrogens is 270 g/mol. The third kappa shape index (κ3) is 4.63. The van der Waals surface area contributed by atoms with Crippen LogP contribution in [0.4, 0.5) is 0 Å². The second-order valence-corrected chi connectivity index (χ2v) is 5.71. The number of nitrogens with two attached hydrogens (primary N) is 1. The van der Waals surface area contributed by atoms with Crippen LogP contribution in [0.1, 0.15) is 32.3 Å². The zero-order valence-electron chi connectivity index (χ0n) is 13.2. The number of carboxylic acid groups (broad SMARTS) is 1. The topological polar surface area (TPSA) is 81.8 Å². The normalized spacial score (nSPS) is 15.1. The molecule has 2 unspecified atom stereocenters. The van der Waals surface area contributed by atoms with Gasteiger partial charge in [-0.15, -0.1) is 0 Å². The van der Waals surface area contributed by atoms with Crippen molar-refractivity contribution in [1.29, 1.82) is 0 Å².